The van der Waals surface area contributed by atoms with E-state index in [2.05, 4.69) is 15.5 Å². The van der Waals surface area contributed by atoms with Crippen LogP contribution in [0.2, 0.25) is 0 Å². The number of ketones is 1. The highest BCUT2D eigenvalue weighted by Gasteiger charge is 2.16. The highest BCUT2D eigenvalue weighted by Crippen LogP contribution is 2.19. The van der Waals surface area contributed by atoms with Gasteiger partial charge in [0.15, 0.2) is 5.78 Å². The number of hydrogen-bond acceptors (Lipinski definition) is 5. The van der Waals surface area contributed by atoms with Gasteiger partial charge in [-0.2, -0.15) is 9.90 Å². The average molecular weight is 348 g/mol. The van der Waals surface area contributed by atoms with Gasteiger partial charge >= 0.3 is 0 Å². The largest absolute Gasteiger partial charge is 0.371 e. The second-order valence-electron chi connectivity index (χ2n) is 6.26. The highest BCUT2D eigenvalue weighted by atomic mass is 16.5. The lowest BCUT2D eigenvalue weighted by Gasteiger charge is -2.24. The van der Waals surface area contributed by atoms with E-state index in [1.54, 1.807) is 0 Å². The highest BCUT2D eigenvalue weighted by molar-refractivity contribution is 5.95. The molecule has 1 aromatic heterocycles. The Labute approximate surface area is 151 Å². The van der Waals surface area contributed by atoms with Crippen molar-refractivity contribution in [2.45, 2.75) is 12.5 Å². The van der Waals surface area contributed by atoms with Crippen molar-refractivity contribution < 1.29 is 9.53 Å². The first-order chi connectivity index (χ1) is 12.8. The minimum Gasteiger partial charge on any atom is -0.371 e. The molecule has 1 atom stereocenters. The Morgan fingerprint density at radius 3 is 2.69 bits per heavy atom. The fraction of sp³-hybridized carbons (Fsp3) is 0.250. The number of nitrogens with one attached hydrogen (secondary N) is 1. The Hall–Kier alpha value is -2.83. The number of ether oxygens (including phenoxy) is 1. The van der Waals surface area contributed by atoms with Crippen molar-refractivity contribution in [3.63, 3.8) is 0 Å². The van der Waals surface area contributed by atoms with Crippen LogP contribution in [0.1, 0.15) is 27.7 Å². The van der Waals surface area contributed by atoms with E-state index in [1.165, 1.54) is 11.0 Å². The second kappa shape index (κ2) is 7.59. The van der Waals surface area contributed by atoms with Crippen LogP contribution in [0.3, 0.4) is 0 Å². The normalized spacial score (nSPS) is 17.2. The number of Topliss-reactive ketones (excluding diaryl/α,β-unsaturated/α-hetero) is 1. The summed E-state index contributed by atoms with van der Waals surface area (Å²) in [6.45, 7) is 2.44. The number of carbonyl (C=O) groups excluding carboxylic acids is 1. The van der Waals surface area contributed by atoms with Crippen LogP contribution in [0.15, 0.2) is 60.8 Å². The van der Waals surface area contributed by atoms with Crippen molar-refractivity contribution in [3.8, 4) is 5.69 Å². The van der Waals surface area contributed by atoms with Gasteiger partial charge in [0, 0.05) is 19.5 Å². The maximum Gasteiger partial charge on any atom is 0.189 e. The topological polar surface area (TPSA) is 69.0 Å². The van der Waals surface area contributed by atoms with Crippen molar-refractivity contribution in [2.24, 2.45) is 0 Å². The number of rotatable bonds is 5. The average Bonchev–Trinajstić information content (AvgIpc) is 3.20. The molecule has 1 aliphatic rings. The van der Waals surface area contributed by atoms with Gasteiger partial charge in [0.1, 0.15) is 5.69 Å². The molecule has 0 aliphatic carbocycles. The zero-order valence-electron chi connectivity index (χ0n) is 14.3. The van der Waals surface area contributed by atoms with Gasteiger partial charge < -0.3 is 10.1 Å². The number of carbonyl (C=O) groups is 1. The van der Waals surface area contributed by atoms with E-state index < -0.39 is 0 Å². The summed E-state index contributed by atoms with van der Waals surface area (Å²) < 4.78 is 5.75. The van der Waals surface area contributed by atoms with Gasteiger partial charge in [-0.3, -0.25) is 4.79 Å². The summed E-state index contributed by atoms with van der Waals surface area (Å²) in [6.07, 6.45) is 1.90. The van der Waals surface area contributed by atoms with E-state index in [1.807, 2.05) is 54.6 Å². The Bertz CT molecular complexity index is 868. The fourth-order valence-electron chi connectivity index (χ4n) is 2.98. The Balaban J connectivity index is 1.42. The Morgan fingerprint density at radius 2 is 1.96 bits per heavy atom. The third-order valence-corrected chi connectivity index (χ3v) is 4.41. The van der Waals surface area contributed by atoms with E-state index in [-0.39, 0.29) is 11.9 Å². The smallest absolute Gasteiger partial charge is 0.189 e. The quantitative estimate of drug-likeness (QED) is 0.717. The molecular formula is C20H20N4O2. The Morgan fingerprint density at radius 1 is 1.15 bits per heavy atom. The molecular weight excluding hydrogens is 328 g/mol. The fourth-order valence-corrected chi connectivity index (χ4v) is 2.98. The molecule has 0 unspecified atom stereocenters. The summed E-state index contributed by atoms with van der Waals surface area (Å²) in [5.74, 6) is -0.0458. The maximum absolute atomic E-state index is 12.5. The molecule has 0 radical (unpaired) electrons. The monoisotopic (exact) mass is 348 g/mol. The number of nitrogens with zero attached hydrogens (tertiary/aromatic N) is 3. The van der Waals surface area contributed by atoms with Crippen molar-refractivity contribution in [2.75, 3.05) is 19.7 Å². The van der Waals surface area contributed by atoms with Crippen LogP contribution in [0.25, 0.3) is 5.69 Å². The summed E-state index contributed by atoms with van der Waals surface area (Å²) in [4.78, 5) is 14.0. The number of morpholine rings is 1. The maximum atomic E-state index is 12.5. The van der Waals surface area contributed by atoms with E-state index >= 15 is 0 Å². The van der Waals surface area contributed by atoms with E-state index in [4.69, 9.17) is 4.74 Å². The first-order valence-corrected chi connectivity index (χ1v) is 8.72. The molecule has 6 heteroatoms. The van der Waals surface area contributed by atoms with Crippen molar-refractivity contribution in [1.29, 1.82) is 0 Å². The van der Waals surface area contributed by atoms with Gasteiger partial charge in [-0.15, -0.1) is 5.10 Å². The summed E-state index contributed by atoms with van der Waals surface area (Å²) in [5, 5.41) is 11.8. The standard InChI is InChI=1S/C20H20N4O2/c25-19(18-13-22-24(23-18)17-4-2-1-3-5-17)12-15-6-8-16(9-7-15)20-14-21-10-11-26-20/h1-9,13,20-21H,10-12,14H2/t20-/m0/s1. The zero-order chi connectivity index (χ0) is 17.8. The Kier molecular flexibility index (Phi) is 4.86. The molecule has 26 heavy (non-hydrogen) atoms. The molecule has 2 heterocycles. The van der Waals surface area contributed by atoms with Crippen LogP contribution in [0.4, 0.5) is 0 Å². The summed E-state index contributed by atoms with van der Waals surface area (Å²) >= 11 is 0. The predicted molar refractivity (Wildman–Crippen MR) is 97.4 cm³/mol. The van der Waals surface area contributed by atoms with Crippen LogP contribution >= 0.6 is 0 Å². The van der Waals surface area contributed by atoms with Crippen molar-refractivity contribution in [1.82, 2.24) is 20.3 Å². The summed E-state index contributed by atoms with van der Waals surface area (Å²) in [5.41, 5.74) is 3.29. The molecule has 6 nitrogen and oxygen atoms in total. The molecule has 4 rings (SSSR count). The van der Waals surface area contributed by atoms with E-state index in [0.29, 0.717) is 12.1 Å². The molecule has 1 fully saturated rings. The third kappa shape index (κ3) is 3.71. The zero-order valence-corrected chi connectivity index (χ0v) is 14.3. The minimum atomic E-state index is -0.0458. The molecule has 1 saturated heterocycles. The van der Waals surface area contributed by atoms with Gasteiger partial charge in [0.2, 0.25) is 0 Å². The first kappa shape index (κ1) is 16.6. The molecule has 0 saturated carbocycles. The van der Waals surface area contributed by atoms with E-state index in [9.17, 15) is 4.79 Å². The molecule has 3 aromatic rings. The number of aromatic nitrogens is 3. The lowest BCUT2D eigenvalue weighted by atomic mass is 10.0. The van der Waals surface area contributed by atoms with Gasteiger partial charge in [0.25, 0.3) is 0 Å². The predicted octanol–water partition coefficient (Wildman–Crippen LogP) is 2.35. The molecule has 0 spiro atoms. The summed E-state index contributed by atoms with van der Waals surface area (Å²) in [6, 6.07) is 17.6. The third-order valence-electron chi connectivity index (χ3n) is 4.41. The molecule has 2 aromatic carbocycles. The van der Waals surface area contributed by atoms with Crippen LogP contribution in [0, 0.1) is 0 Å². The van der Waals surface area contributed by atoms with Gasteiger partial charge in [-0.1, -0.05) is 42.5 Å². The minimum absolute atomic E-state index is 0.0458. The second-order valence-corrected chi connectivity index (χ2v) is 6.26. The SMILES string of the molecule is O=C(Cc1ccc([C@@H]2CNCCO2)cc1)c1cnn(-c2ccccc2)n1. The molecule has 1 aliphatic heterocycles. The molecule has 0 amide bonds. The van der Waals surface area contributed by atoms with Crippen molar-refractivity contribution in [3.05, 3.63) is 77.6 Å². The van der Waals surface area contributed by atoms with Crippen LogP contribution in [-0.4, -0.2) is 40.5 Å². The summed E-state index contributed by atoms with van der Waals surface area (Å²) in [7, 11) is 0. The van der Waals surface area contributed by atoms with Gasteiger partial charge in [-0.05, 0) is 23.3 Å². The van der Waals surface area contributed by atoms with Gasteiger partial charge in [0.05, 0.1) is 24.6 Å². The lowest BCUT2D eigenvalue weighted by molar-refractivity contribution is 0.0277. The molecule has 1 N–H and O–H groups in total. The van der Waals surface area contributed by atoms with Gasteiger partial charge in [-0.25, -0.2) is 0 Å². The lowest BCUT2D eigenvalue weighted by Crippen LogP contribution is -2.33. The first-order valence-electron chi connectivity index (χ1n) is 8.72. The number of para-hydroxylation sites is 1. The molecule has 0 bridgehead atoms. The van der Waals surface area contributed by atoms with E-state index in [0.717, 1.165) is 36.5 Å². The van der Waals surface area contributed by atoms with Crippen LogP contribution in [0.5, 0.6) is 0 Å². The van der Waals surface area contributed by atoms with Crippen LogP contribution < -0.4 is 5.32 Å². The van der Waals surface area contributed by atoms with Crippen LogP contribution in [-0.2, 0) is 11.2 Å². The molecule has 132 valence electrons. The van der Waals surface area contributed by atoms with Crippen molar-refractivity contribution >= 4 is 5.78 Å². The number of benzene rings is 2. The number of hydrogen-bond donors (Lipinski definition) is 1.